The molecular weight excluding hydrogens is 465 g/mol. The first-order chi connectivity index (χ1) is 15.8. The fourth-order valence-corrected chi connectivity index (χ4v) is 3.38. The van der Waals surface area contributed by atoms with E-state index in [0.29, 0.717) is 16.5 Å². The Labute approximate surface area is 201 Å². The topological polar surface area (TPSA) is 92.9 Å². The maximum Gasteiger partial charge on any atom is 0.262 e. The number of hydrazone groups is 1. The van der Waals surface area contributed by atoms with E-state index in [2.05, 4.69) is 15.8 Å². The summed E-state index contributed by atoms with van der Waals surface area (Å²) in [7, 11) is 0. The van der Waals surface area contributed by atoms with Gasteiger partial charge in [0.25, 0.3) is 11.8 Å². The molecule has 2 amide bonds. The first kappa shape index (κ1) is 24.4. The molecule has 172 valence electrons. The second-order valence-corrected chi connectivity index (χ2v) is 8.11. The number of nitrogens with zero attached hydrogens (tertiary/aromatic N) is 1. The van der Waals surface area contributed by atoms with Crippen LogP contribution in [0.15, 0.2) is 70.2 Å². The molecule has 0 fully saturated rings. The van der Waals surface area contributed by atoms with Gasteiger partial charge in [0.05, 0.1) is 11.2 Å². The van der Waals surface area contributed by atoms with Crippen molar-refractivity contribution in [2.75, 3.05) is 0 Å². The van der Waals surface area contributed by atoms with Crippen molar-refractivity contribution in [2.24, 2.45) is 5.10 Å². The number of hydrogen-bond acceptors (Lipinski definition) is 5. The number of rotatable bonds is 9. The smallest absolute Gasteiger partial charge is 0.262 e. The number of amides is 2. The lowest BCUT2D eigenvalue weighted by Crippen LogP contribution is -2.50. The average molecular weight is 488 g/mol. The minimum Gasteiger partial charge on any atom is -0.479 e. The number of ether oxygens (including phenoxy) is 1. The van der Waals surface area contributed by atoms with E-state index < -0.39 is 24.0 Å². The highest BCUT2D eigenvalue weighted by molar-refractivity contribution is 6.35. The lowest BCUT2D eigenvalue weighted by Gasteiger charge is -2.21. The van der Waals surface area contributed by atoms with E-state index in [9.17, 15) is 9.59 Å². The SMILES string of the molecule is Cc1ccc(/C=N\NC(=O)[C@H](Cc2ccccc2)NC(=O)[C@@H](C)Oc2ccc(Cl)cc2Cl)o1. The highest BCUT2D eigenvalue weighted by Crippen LogP contribution is 2.28. The van der Waals surface area contributed by atoms with Crippen LogP contribution in [0, 0.1) is 6.92 Å². The van der Waals surface area contributed by atoms with Gasteiger partial charge in [0, 0.05) is 11.4 Å². The number of carbonyl (C=O) groups is 2. The van der Waals surface area contributed by atoms with Crippen molar-refractivity contribution in [3.63, 3.8) is 0 Å². The van der Waals surface area contributed by atoms with Gasteiger partial charge in [-0.15, -0.1) is 0 Å². The standard InChI is InChI=1S/C24H23Cl2N3O4/c1-15-8-10-19(32-15)14-27-29-24(31)21(12-17-6-4-3-5-7-17)28-23(30)16(2)33-22-11-9-18(25)13-20(22)26/h3-11,13-14,16,21H,12H2,1-2H3,(H,28,30)(H,29,31)/b27-14-/t16-,21+/m1/s1. The van der Waals surface area contributed by atoms with Crippen LogP contribution in [-0.4, -0.2) is 30.2 Å². The number of furan rings is 1. The van der Waals surface area contributed by atoms with Crippen LogP contribution in [0.1, 0.15) is 24.0 Å². The zero-order valence-electron chi connectivity index (χ0n) is 18.0. The van der Waals surface area contributed by atoms with E-state index in [1.54, 1.807) is 31.2 Å². The molecule has 7 nitrogen and oxygen atoms in total. The number of nitrogens with one attached hydrogen (secondary N) is 2. The fraction of sp³-hybridized carbons (Fsp3) is 0.208. The van der Waals surface area contributed by atoms with E-state index in [1.165, 1.54) is 12.3 Å². The van der Waals surface area contributed by atoms with Crippen molar-refractivity contribution in [3.05, 3.63) is 87.8 Å². The molecule has 2 atom stereocenters. The molecule has 0 aliphatic heterocycles. The molecule has 33 heavy (non-hydrogen) atoms. The van der Waals surface area contributed by atoms with Gasteiger partial charge in [-0.2, -0.15) is 5.10 Å². The molecule has 9 heteroatoms. The summed E-state index contributed by atoms with van der Waals surface area (Å²) in [4.78, 5) is 25.6. The Bertz CT molecular complexity index is 1130. The van der Waals surface area contributed by atoms with E-state index in [-0.39, 0.29) is 11.4 Å². The Balaban J connectivity index is 1.67. The van der Waals surface area contributed by atoms with Gasteiger partial charge in [0.1, 0.15) is 23.3 Å². The normalized spacial score (nSPS) is 12.8. The molecule has 0 radical (unpaired) electrons. The fourth-order valence-electron chi connectivity index (χ4n) is 2.92. The van der Waals surface area contributed by atoms with Crippen LogP contribution in [0.25, 0.3) is 0 Å². The van der Waals surface area contributed by atoms with Crippen molar-refractivity contribution in [3.8, 4) is 5.75 Å². The largest absolute Gasteiger partial charge is 0.479 e. The number of halogens is 2. The Morgan fingerprint density at radius 3 is 2.52 bits per heavy atom. The summed E-state index contributed by atoms with van der Waals surface area (Å²) in [6.45, 7) is 3.37. The summed E-state index contributed by atoms with van der Waals surface area (Å²) >= 11 is 12.0. The van der Waals surface area contributed by atoms with Crippen LogP contribution in [0.3, 0.4) is 0 Å². The molecule has 0 aliphatic rings. The Hall–Kier alpha value is -3.29. The summed E-state index contributed by atoms with van der Waals surface area (Å²) in [5.41, 5.74) is 3.32. The van der Waals surface area contributed by atoms with Crippen molar-refractivity contribution in [1.82, 2.24) is 10.7 Å². The van der Waals surface area contributed by atoms with Gasteiger partial charge < -0.3 is 14.5 Å². The molecule has 1 aromatic heterocycles. The molecule has 0 saturated carbocycles. The highest BCUT2D eigenvalue weighted by atomic mass is 35.5. The van der Waals surface area contributed by atoms with Crippen molar-refractivity contribution >= 4 is 41.2 Å². The molecule has 3 rings (SSSR count). The predicted octanol–water partition coefficient (Wildman–Crippen LogP) is 4.54. The van der Waals surface area contributed by atoms with E-state index in [4.69, 9.17) is 32.4 Å². The van der Waals surface area contributed by atoms with Crippen LogP contribution in [-0.2, 0) is 16.0 Å². The Morgan fingerprint density at radius 1 is 1.09 bits per heavy atom. The number of aryl methyl sites for hydroxylation is 1. The van der Waals surface area contributed by atoms with Gasteiger partial charge in [-0.25, -0.2) is 5.43 Å². The van der Waals surface area contributed by atoms with Crippen LogP contribution >= 0.6 is 23.2 Å². The first-order valence-corrected chi connectivity index (χ1v) is 10.9. The van der Waals surface area contributed by atoms with Gasteiger partial charge in [-0.3, -0.25) is 9.59 Å². The minimum absolute atomic E-state index is 0.266. The first-order valence-electron chi connectivity index (χ1n) is 10.2. The molecule has 0 aliphatic carbocycles. The van der Waals surface area contributed by atoms with Gasteiger partial charge >= 0.3 is 0 Å². The lowest BCUT2D eigenvalue weighted by molar-refractivity contribution is -0.132. The van der Waals surface area contributed by atoms with Crippen molar-refractivity contribution < 1.29 is 18.7 Å². The molecular formula is C24H23Cl2N3O4. The van der Waals surface area contributed by atoms with Crippen molar-refractivity contribution in [1.29, 1.82) is 0 Å². The van der Waals surface area contributed by atoms with Gasteiger partial charge in [-0.05, 0) is 49.7 Å². The van der Waals surface area contributed by atoms with Gasteiger partial charge in [0.15, 0.2) is 6.10 Å². The minimum atomic E-state index is -0.913. The summed E-state index contributed by atoms with van der Waals surface area (Å²) in [5, 5.41) is 7.39. The second kappa shape index (κ2) is 11.5. The number of benzene rings is 2. The maximum atomic E-state index is 12.8. The molecule has 0 bridgehead atoms. The molecule has 0 spiro atoms. The summed E-state index contributed by atoms with van der Waals surface area (Å²) in [6, 6.07) is 16.7. The molecule has 3 aromatic rings. The third kappa shape index (κ3) is 7.37. The van der Waals surface area contributed by atoms with E-state index in [0.717, 1.165) is 11.3 Å². The average Bonchev–Trinajstić information content (AvgIpc) is 3.20. The predicted molar refractivity (Wildman–Crippen MR) is 128 cm³/mol. The Morgan fingerprint density at radius 2 is 1.85 bits per heavy atom. The highest BCUT2D eigenvalue weighted by Gasteiger charge is 2.25. The van der Waals surface area contributed by atoms with Crippen LogP contribution in [0.4, 0.5) is 0 Å². The zero-order valence-corrected chi connectivity index (χ0v) is 19.6. The molecule has 2 N–H and O–H groups in total. The van der Waals surface area contributed by atoms with Crippen LogP contribution in [0.5, 0.6) is 5.75 Å². The quantitative estimate of drug-likeness (QED) is 0.342. The molecule has 2 aromatic carbocycles. The lowest BCUT2D eigenvalue weighted by atomic mass is 10.1. The van der Waals surface area contributed by atoms with E-state index >= 15 is 0 Å². The second-order valence-electron chi connectivity index (χ2n) is 7.27. The molecule has 0 unspecified atom stereocenters. The number of hydrogen-bond donors (Lipinski definition) is 2. The van der Waals surface area contributed by atoms with Crippen molar-refractivity contribution in [2.45, 2.75) is 32.4 Å². The van der Waals surface area contributed by atoms with Gasteiger partial charge in [0.2, 0.25) is 0 Å². The van der Waals surface area contributed by atoms with Crippen LogP contribution in [0.2, 0.25) is 10.0 Å². The third-order valence-electron chi connectivity index (χ3n) is 4.61. The van der Waals surface area contributed by atoms with Gasteiger partial charge in [-0.1, -0.05) is 53.5 Å². The Kier molecular flexibility index (Phi) is 8.52. The number of carbonyl (C=O) groups excluding carboxylic acids is 2. The van der Waals surface area contributed by atoms with E-state index in [1.807, 2.05) is 37.3 Å². The molecule has 1 heterocycles. The maximum absolute atomic E-state index is 12.8. The monoisotopic (exact) mass is 487 g/mol. The zero-order chi connectivity index (χ0) is 23.8. The summed E-state index contributed by atoms with van der Waals surface area (Å²) in [6.07, 6.45) is 0.743. The van der Waals surface area contributed by atoms with Crippen LogP contribution < -0.4 is 15.5 Å². The third-order valence-corrected chi connectivity index (χ3v) is 5.14. The summed E-state index contributed by atoms with van der Waals surface area (Å²) in [5.74, 6) is 0.572. The molecule has 0 saturated heterocycles. The summed E-state index contributed by atoms with van der Waals surface area (Å²) < 4.78 is 11.0.